The van der Waals surface area contributed by atoms with Crippen molar-refractivity contribution in [1.29, 1.82) is 0 Å². The van der Waals surface area contributed by atoms with E-state index in [0.717, 1.165) is 11.5 Å². The lowest BCUT2D eigenvalue weighted by molar-refractivity contribution is 0.207. The van der Waals surface area contributed by atoms with Gasteiger partial charge in [0, 0.05) is 12.6 Å². The number of benzene rings is 1. The van der Waals surface area contributed by atoms with E-state index in [1.54, 1.807) is 7.11 Å². The lowest BCUT2D eigenvalue weighted by Gasteiger charge is -2.16. The summed E-state index contributed by atoms with van der Waals surface area (Å²) in [4.78, 5) is 11.2. The molecule has 1 aromatic carbocycles. The number of methoxy groups -OCH3 is 1. The number of rotatable bonds is 6. The molecule has 1 aromatic rings. The van der Waals surface area contributed by atoms with Crippen LogP contribution >= 0.6 is 0 Å². The van der Waals surface area contributed by atoms with Crippen molar-refractivity contribution in [3.8, 4) is 11.5 Å². The van der Waals surface area contributed by atoms with Crippen LogP contribution in [-0.4, -0.2) is 32.3 Å². The monoisotopic (exact) mass is 252 g/mol. The predicted molar refractivity (Wildman–Crippen MR) is 70.2 cm³/mol. The van der Waals surface area contributed by atoms with Gasteiger partial charge in [0.2, 0.25) is 0 Å². The first kappa shape index (κ1) is 14.2. The van der Waals surface area contributed by atoms with Crippen molar-refractivity contribution in [1.82, 2.24) is 10.6 Å². The third-order valence-electron chi connectivity index (χ3n) is 2.27. The van der Waals surface area contributed by atoms with Crippen LogP contribution in [0, 0.1) is 0 Å². The molecular formula is C13H20N2O3. The number of carbonyl (C=O) groups is 1. The van der Waals surface area contributed by atoms with E-state index in [4.69, 9.17) is 9.47 Å². The molecule has 0 aromatic heterocycles. The second kappa shape index (κ2) is 7.42. The number of urea groups is 1. The van der Waals surface area contributed by atoms with Gasteiger partial charge in [0.15, 0.2) is 0 Å². The Labute approximate surface area is 107 Å². The van der Waals surface area contributed by atoms with Gasteiger partial charge < -0.3 is 20.1 Å². The van der Waals surface area contributed by atoms with Crippen molar-refractivity contribution in [3.63, 3.8) is 0 Å². The summed E-state index contributed by atoms with van der Waals surface area (Å²) < 4.78 is 10.8. The van der Waals surface area contributed by atoms with Crippen LogP contribution in [0.5, 0.6) is 11.5 Å². The van der Waals surface area contributed by atoms with E-state index in [2.05, 4.69) is 10.6 Å². The fourth-order valence-corrected chi connectivity index (χ4v) is 1.41. The van der Waals surface area contributed by atoms with Gasteiger partial charge >= 0.3 is 6.03 Å². The van der Waals surface area contributed by atoms with Gasteiger partial charge in [-0.25, -0.2) is 4.79 Å². The standard InChI is InChI=1S/C13H20N2O3/c1-4-14-13(16)15-9-10(2)18-12-7-5-6-11(8-12)17-3/h5-8,10H,4,9H2,1-3H3,(H2,14,15,16). The molecule has 5 heteroatoms. The average molecular weight is 252 g/mol. The lowest BCUT2D eigenvalue weighted by Crippen LogP contribution is -2.40. The molecule has 0 spiro atoms. The maximum atomic E-state index is 11.2. The molecule has 0 saturated heterocycles. The average Bonchev–Trinajstić information content (AvgIpc) is 2.37. The summed E-state index contributed by atoms with van der Waals surface area (Å²) in [6.45, 7) is 4.82. The molecule has 100 valence electrons. The quantitative estimate of drug-likeness (QED) is 0.811. The minimum absolute atomic E-state index is 0.111. The Morgan fingerprint density at radius 1 is 1.33 bits per heavy atom. The summed E-state index contributed by atoms with van der Waals surface area (Å²) in [6, 6.07) is 7.19. The zero-order valence-corrected chi connectivity index (χ0v) is 11.0. The second-order valence-corrected chi connectivity index (χ2v) is 3.85. The highest BCUT2D eigenvalue weighted by Crippen LogP contribution is 2.19. The first-order valence-corrected chi connectivity index (χ1v) is 5.98. The number of hydrogen-bond acceptors (Lipinski definition) is 3. The molecule has 18 heavy (non-hydrogen) atoms. The van der Waals surface area contributed by atoms with Crippen molar-refractivity contribution in [2.45, 2.75) is 20.0 Å². The molecule has 5 nitrogen and oxygen atoms in total. The first-order valence-electron chi connectivity index (χ1n) is 5.98. The summed E-state index contributed by atoms with van der Waals surface area (Å²) in [5, 5.41) is 5.38. The zero-order chi connectivity index (χ0) is 13.4. The Morgan fingerprint density at radius 2 is 2.06 bits per heavy atom. The number of hydrogen-bond donors (Lipinski definition) is 2. The number of carbonyl (C=O) groups excluding carboxylic acids is 1. The van der Waals surface area contributed by atoms with Crippen molar-refractivity contribution in [2.24, 2.45) is 0 Å². The Balaban J connectivity index is 2.39. The predicted octanol–water partition coefficient (Wildman–Crippen LogP) is 1.78. The van der Waals surface area contributed by atoms with Gasteiger partial charge in [0.1, 0.15) is 17.6 Å². The van der Waals surface area contributed by atoms with Crippen molar-refractivity contribution >= 4 is 6.03 Å². The van der Waals surface area contributed by atoms with Crippen LogP contribution < -0.4 is 20.1 Å². The zero-order valence-electron chi connectivity index (χ0n) is 11.0. The minimum Gasteiger partial charge on any atom is -0.497 e. The molecule has 0 saturated carbocycles. The highest BCUT2D eigenvalue weighted by atomic mass is 16.5. The summed E-state index contributed by atoms with van der Waals surface area (Å²) in [5.74, 6) is 1.47. The molecular weight excluding hydrogens is 232 g/mol. The molecule has 0 aliphatic heterocycles. The molecule has 0 aliphatic carbocycles. The Hall–Kier alpha value is -1.91. The highest BCUT2D eigenvalue weighted by Gasteiger charge is 2.06. The SMILES string of the molecule is CCNC(=O)NCC(C)Oc1cccc(OC)c1. The van der Waals surface area contributed by atoms with Gasteiger partial charge in [0.25, 0.3) is 0 Å². The van der Waals surface area contributed by atoms with Gasteiger partial charge in [-0.1, -0.05) is 6.07 Å². The fraction of sp³-hybridized carbons (Fsp3) is 0.462. The van der Waals surface area contributed by atoms with E-state index in [0.29, 0.717) is 13.1 Å². The van der Waals surface area contributed by atoms with Crippen LogP contribution in [0.1, 0.15) is 13.8 Å². The summed E-state index contributed by atoms with van der Waals surface area (Å²) in [7, 11) is 1.61. The van der Waals surface area contributed by atoms with Crippen LogP contribution in [0.3, 0.4) is 0 Å². The Bertz CT molecular complexity index is 382. The third-order valence-corrected chi connectivity index (χ3v) is 2.27. The fourth-order valence-electron chi connectivity index (χ4n) is 1.41. The smallest absolute Gasteiger partial charge is 0.314 e. The van der Waals surface area contributed by atoms with Crippen LogP contribution in [-0.2, 0) is 0 Å². The maximum absolute atomic E-state index is 11.2. The summed E-state index contributed by atoms with van der Waals surface area (Å²) in [6.07, 6.45) is -0.111. The number of nitrogens with one attached hydrogen (secondary N) is 2. The Kier molecular flexibility index (Phi) is 5.84. The summed E-state index contributed by atoms with van der Waals surface area (Å²) >= 11 is 0. The highest BCUT2D eigenvalue weighted by molar-refractivity contribution is 5.73. The molecule has 0 fully saturated rings. The van der Waals surface area contributed by atoms with E-state index >= 15 is 0 Å². The van der Waals surface area contributed by atoms with E-state index < -0.39 is 0 Å². The lowest BCUT2D eigenvalue weighted by atomic mass is 10.3. The second-order valence-electron chi connectivity index (χ2n) is 3.85. The molecule has 1 unspecified atom stereocenters. The van der Waals surface area contributed by atoms with Gasteiger partial charge in [0.05, 0.1) is 13.7 Å². The van der Waals surface area contributed by atoms with E-state index in [9.17, 15) is 4.79 Å². The van der Waals surface area contributed by atoms with Crippen molar-refractivity contribution in [2.75, 3.05) is 20.2 Å². The largest absolute Gasteiger partial charge is 0.497 e. The maximum Gasteiger partial charge on any atom is 0.314 e. The van der Waals surface area contributed by atoms with Crippen LogP contribution in [0.2, 0.25) is 0 Å². The van der Waals surface area contributed by atoms with E-state index in [-0.39, 0.29) is 12.1 Å². The van der Waals surface area contributed by atoms with Crippen LogP contribution in [0.25, 0.3) is 0 Å². The van der Waals surface area contributed by atoms with E-state index in [1.807, 2.05) is 38.1 Å². The molecule has 1 atom stereocenters. The van der Waals surface area contributed by atoms with Gasteiger partial charge in [-0.2, -0.15) is 0 Å². The minimum atomic E-state index is -0.182. The molecule has 0 heterocycles. The van der Waals surface area contributed by atoms with Crippen LogP contribution in [0.4, 0.5) is 4.79 Å². The van der Waals surface area contributed by atoms with Crippen LogP contribution in [0.15, 0.2) is 24.3 Å². The molecule has 0 aliphatic rings. The topological polar surface area (TPSA) is 59.6 Å². The van der Waals surface area contributed by atoms with Crippen molar-refractivity contribution in [3.05, 3.63) is 24.3 Å². The number of amides is 2. The Morgan fingerprint density at radius 3 is 2.72 bits per heavy atom. The number of ether oxygens (including phenoxy) is 2. The van der Waals surface area contributed by atoms with E-state index in [1.165, 1.54) is 0 Å². The molecule has 1 rings (SSSR count). The van der Waals surface area contributed by atoms with Gasteiger partial charge in [-0.3, -0.25) is 0 Å². The normalized spacial score (nSPS) is 11.5. The molecule has 0 bridgehead atoms. The third kappa shape index (κ3) is 4.95. The molecule has 0 radical (unpaired) electrons. The van der Waals surface area contributed by atoms with Gasteiger partial charge in [-0.05, 0) is 26.0 Å². The summed E-state index contributed by atoms with van der Waals surface area (Å²) in [5.41, 5.74) is 0. The first-order chi connectivity index (χ1) is 8.65. The van der Waals surface area contributed by atoms with Crippen molar-refractivity contribution < 1.29 is 14.3 Å². The molecule has 2 amide bonds. The van der Waals surface area contributed by atoms with Gasteiger partial charge in [-0.15, -0.1) is 0 Å². The molecule has 2 N–H and O–H groups in total.